The molecule has 0 fully saturated rings. The van der Waals surface area contributed by atoms with Crippen molar-refractivity contribution in [2.24, 2.45) is 0 Å². The molecule has 0 aliphatic heterocycles. The summed E-state index contributed by atoms with van der Waals surface area (Å²) in [6.07, 6.45) is 0. The van der Waals surface area contributed by atoms with E-state index in [4.69, 9.17) is 0 Å². The highest BCUT2D eigenvalue weighted by molar-refractivity contribution is 9.10. The van der Waals surface area contributed by atoms with Crippen molar-refractivity contribution in [2.75, 3.05) is 11.9 Å². The third-order valence-electron chi connectivity index (χ3n) is 3.99. The Hall–Kier alpha value is -2.28. The molecule has 26 heavy (non-hydrogen) atoms. The molecule has 1 atom stereocenters. The third-order valence-corrected chi connectivity index (χ3v) is 4.88. The predicted molar refractivity (Wildman–Crippen MR) is 99.7 cm³/mol. The Morgan fingerprint density at radius 3 is 2.38 bits per heavy atom. The molecule has 7 heteroatoms. The van der Waals surface area contributed by atoms with E-state index in [-0.39, 0.29) is 18.0 Å². The zero-order valence-corrected chi connectivity index (χ0v) is 16.2. The first-order valence-electron chi connectivity index (χ1n) is 8.03. The summed E-state index contributed by atoms with van der Waals surface area (Å²) < 4.78 is 27.8. The zero-order valence-electron chi connectivity index (χ0n) is 14.6. The van der Waals surface area contributed by atoms with Crippen LogP contribution in [0.2, 0.25) is 0 Å². The minimum Gasteiger partial charge on any atom is -0.327 e. The highest BCUT2D eigenvalue weighted by atomic mass is 79.9. The summed E-state index contributed by atoms with van der Waals surface area (Å²) in [6.45, 7) is 5.16. The van der Waals surface area contributed by atoms with Crippen LogP contribution in [-0.2, 0) is 9.59 Å². The van der Waals surface area contributed by atoms with Crippen LogP contribution in [0.3, 0.4) is 0 Å². The third kappa shape index (κ3) is 4.46. The molecule has 138 valence electrons. The monoisotopic (exact) mass is 424 g/mol. The largest absolute Gasteiger partial charge is 0.327 e. The normalized spacial score (nSPS) is 11.8. The van der Waals surface area contributed by atoms with E-state index in [2.05, 4.69) is 21.2 Å². The number of carbonyl (C=O) groups is 2. The number of likely N-dealkylation sites (N-methyl/N-ethyl adjacent to an activating group) is 1. The summed E-state index contributed by atoms with van der Waals surface area (Å²) in [5.41, 5.74) is 1.67. The number of nitrogens with zero attached hydrogens (tertiary/aromatic N) is 1. The van der Waals surface area contributed by atoms with Gasteiger partial charge in [0.2, 0.25) is 5.91 Å². The maximum atomic E-state index is 13.7. The fourth-order valence-electron chi connectivity index (χ4n) is 2.68. The van der Waals surface area contributed by atoms with Crippen LogP contribution >= 0.6 is 15.9 Å². The molecule has 0 radical (unpaired) electrons. The molecule has 0 saturated heterocycles. The Labute approximate surface area is 159 Å². The van der Waals surface area contributed by atoms with Crippen molar-refractivity contribution in [3.8, 4) is 0 Å². The topological polar surface area (TPSA) is 49.4 Å². The van der Waals surface area contributed by atoms with E-state index in [9.17, 15) is 18.4 Å². The lowest BCUT2D eigenvalue weighted by molar-refractivity contribution is -0.136. The number of halogens is 3. The molecule has 2 aromatic rings. The molecule has 0 heterocycles. The van der Waals surface area contributed by atoms with Crippen molar-refractivity contribution in [2.45, 2.75) is 26.8 Å². The van der Waals surface area contributed by atoms with Crippen molar-refractivity contribution < 1.29 is 18.4 Å². The lowest BCUT2D eigenvalue weighted by Gasteiger charge is -2.29. The summed E-state index contributed by atoms with van der Waals surface area (Å²) >= 11 is 3.39. The van der Waals surface area contributed by atoms with E-state index in [1.54, 1.807) is 25.1 Å². The van der Waals surface area contributed by atoms with Gasteiger partial charge < -0.3 is 10.2 Å². The average molecular weight is 425 g/mol. The number of benzene rings is 2. The first-order chi connectivity index (χ1) is 12.2. The van der Waals surface area contributed by atoms with Crippen LogP contribution in [0.5, 0.6) is 0 Å². The molecule has 0 aliphatic rings. The van der Waals surface area contributed by atoms with Crippen LogP contribution in [-0.4, -0.2) is 23.3 Å². The van der Waals surface area contributed by atoms with Crippen molar-refractivity contribution in [1.82, 2.24) is 4.90 Å². The van der Waals surface area contributed by atoms with Crippen LogP contribution in [0, 0.1) is 18.6 Å². The summed E-state index contributed by atoms with van der Waals surface area (Å²) in [5, 5.41) is 2.74. The van der Waals surface area contributed by atoms with Crippen molar-refractivity contribution in [1.29, 1.82) is 0 Å². The predicted octanol–water partition coefficient (Wildman–Crippen LogP) is 4.58. The number of carbonyl (C=O) groups excluding carboxylic acids is 2. The van der Waals surface area contributed by atoms with Crippen LogP contribution in [0.25, 0.3) is 0 Å². The van der Waals surface area contributed by atoms with Gasteiger partial charge in [0.15, 0.2) is 11.6 Å². The van der Waals surface area contributed by atoms with Gasteiger partial charge in [-0.3, -0.25) is 9.59 Å². The van der Waals surface area contributed by atoms with Gasteiger partial charge in [-0.1, -0.05) is 22.0 Å². The van der Waals surface area contributed by atoms with Gasteiger partial charge in [0.1, 0.15) is 6.04 Å². The van der Waals surface area contributed by atoms with Crippen LogP contribution in [0.15, 0.2) is 40.9 Å². The molecule has 0 aromatic heterocycles. The Morgan fingerprint density at radius 1 is 1.15 bits per heavy atom. The van der Waals surface area contributed by atoms with E-state index in [1.807, 2.05) is 6.92 Å². The molecular formula is C19H19BrF2N2O2. The fourth-order valence-corrected chi connectivity index (χ4v) is 2.92. The highest BCUT2D eigenvalue weighted by Crippen LogP contribution is 2.26. The number of hydrogen-bond donors (Lipinski definition) is 1. The number of nitrogens with one attached hydrogen (secondary N) is 1. The summed E-state index contributed by atoms with van der Waals surface area (Å²) in [6, 6.07) is 7.40. The maximum Gasteiger partial charge on any atom is 0.251 e. The van der Waals surface area contributed by atoms with Gasteiger partial charge in [-0.05, 0) is 55.3 Å². The fraction of sp³-hybridized carbons (Fsp3) is 0.263. The Bertz CT molecular complexity index is 842. The standard InChI is InChI=1S/C19H19BrF2N2O2/c1-4-24(12(3)25)18(13-5-8-16(21)17(22)10-13)19(26)23-14-6-7-15(20)11(2)9-14/h5-10,18H,4H2,1-3H3,(H,23,26). The molecule has 0 aliphatic carbocycles. The van der Waals surface area contributed by atoms with E-state index in [0.717, 1.165) is 22.2 Å². The Morgan fingerprint density at radius 2 is 1.85 bits per heavy atom. The van der Waals surface area contributed by atoms with Crippen LogP contribution in [0.4, 0.5) is 14.5 Å². The number of rotatable bonds is 5. The number of hydrogen-bond acceptors (Lipinski definition) is 2. The summed E-state index contributed by atoms with van der Waals surface area (Å²) in [4.78, 5) is 26.1. The molecule has 0 spiro atoms. The molecule has 0 saturated carbocycles. The molecule has 2 amide bonds. The van der Waals surface area contributed by atoms with Crippen LogP contribution in [0.1, 0.15) is 31.0 Å². The summed E-state index contributed by atoms with van der Waals surface area (Å²) in [7, 11) is 0. The first kappa shape index (κ1) is 20.0. The van der Waals surface area contributed by atoms with Crippen molar-refractivity contribution in [3.63, 3.8) is 0 Å². The number of anilines is 1. The van der Waals surface area contributed by atoms with Gasteiger partial charge in [0, 0.05) is 23.6 Å². The smallest absolute Gasteiger partial charge is 0.251 e. The van der Waals surface area contributed by atoms with Gasteiger partial charge in [-0.25, -0.2) is 8.78 Å². The van der Waals surface area contributed by atoms with Crippen molar-refractivity contribution >= 4 is 33.4 Å². The molecule has 1 unspecified atom stereocenters. The SMILES string of the molecule is CCN(C(C)=O)C(C(=O)Nc1ccc(Br)c(C)c1)c1ccc(F)c(F)c1. The minimum absolute atomic E-state index is 0.201. The molecule has 0 bridgehead atoms. The Kier molecular flexibility index (Phi) is 6.47. The van der Waals surface area contributed by atoms with Gasteiger partial charge in [-0.15, -0.1) is 0 Å². The lowest BCUT2D eigenvalue weighted by atomic mass is 10.0. The van der Waals surface area contributed by atoms with Gasteiger partial charge in [-0.2, -0.15) is 0 Å². The summed E-state index contributed by atoms with van der Waals surface area (Å²) in [5.74, 6) is -2.93. The molecule has 2 rings (SSSR count). The minimum atomic E-state index is -1.07. The quantitative estimate of drug-likeness (QED) is 0.763. The molecule has 2 aromatic carbocycles. The molecule has 1 N–H and O–H groups in total. The van der Waals surface area contributed by atoms with E-state index in [0.29, 0.717) is 5.69 Å². The van der Waals surface area contributed by atoms with Crippen LogP contribution < -0.4 is 5.32 Å². The van der Waals surface area contributed by atoms with Gasteiger partial charge >= 0.3 is 0 Å². The van der Waals surface area contributed by atoms with E-state index in [1.165, 1.54) is 17.9 Å². The van der Waals surface area contributed by atoms with E-state index >= 15 is 0 Å². The van der Waals surface area contributed by atoms with Gasteiger partial charge in [0.05, 0.1) is 0 Å². The van der Waals surface area contributed by atoms with Gasteiger partial charge in [0.25, 0.3) is 5.91 Å². The average Bonchev–Trinajstić information content (AvgIpc) is 2.58. The van der Waals surface area contributed by atoms with Crippen molar-refractivity contribution in [3.05, 3.63) is 63.6 Å². The number of aryl methyl sites for hydroxylation is 1. The maximum absolute atomic E-state index is 13.7. The lowest BCUT2D eigenvalue weighted by Crippen LogP contribution is -2.40. The molecule has 4 nitrogen and oxygen atoms in total. The Balaban J connectivity index is 2.41. The second kappa shape index (κ2) is 8.40. The number of amides is 2. The van der Waals surface area contributed by atoms with E-state index < -0.39 is 23.6 Å². The highest BCUT2D eigenvalue weighted by Gasteiger charge is 2.29. The first-order valence-corrected chi connectivity index (χ1v) is 8.83. The second-order valence-electron chi connectivity index (χ2n) is 5.83. The molecular weight excluding hydrogens is 406 g/mol. The second-order valence-corrected chi connectivity index (χ2v) is 6.69. The zero-order chi connectivity index (χ0) is 19.4.